The van der Waals surface area contributed by atoms with Gasteiger partial charge in [0, 0.05) is 23.5 Å². The van der Waals surface area contributed by atoms with Crippen LogP contribution in [0.1, 0.15) is 17.4 Å². The van der Waals surface area contributed by atoms with Crippen molar-refractivity contribution in [2.45, 2.75) is 12.6 Å². The fraction of sp³-hybridized carbons (Fsp3) is 0.250. The zero-order chi connectivity index (χ0) is 18.5. The van der Waals surface area contributed by atoms with Crippen LogP contribution >= 0.6 is 11.6 Å². The average Bonchev–Trinajstić information content (AvgIpc) is 3.04. The minimum atomic E-state index is -0.220. The van der Waals surface area contributed by atoms with Crippen molar-refractivity contribution in [2.24, 2.45) is 0 Å². The Morgan fingerprint density at radius 2 is 1.85 bits per heavy atom. The third kappa shape index (κ3) is 4.56. The van der Waals surface area contributed by atoms with Gasteiger partial charge >= 0.3 is 6.03 Å². The lowest BCUT2D eigenvalue weighted by Gasteiger charge is -2.22. The second-order valence-electron chi connectivity index (χ2n) is 6.36. The molecule has 2 amide bonds. The van der Waals surface area contributed by atoms with Gasteiger partial charge in [-0.3, -0.25) is 4.90 Å². The maximum absolute atomic E-state index is 12.1. The van der Waals surface area contributed by atoms with Gasteiger partial charge in [-0.1, -0.05) is 41.9 Å². The molecular formula is C20H22ClN3O2. The number of fused-ring (bicyclic) bond motifs is 1. The molecule has 0 fully saturated rings. The molecule has 1 heterocycles. The first-order valence-electron chi connectivity index (χ1n) is 8.44. The molecule has 0 aliphatic carbocycles. The van der Waals surface area contributed by atoms with E-state index in [2.05, 4.69) is 10.6 Å². The standard InChI is InChI=1S/C20H22ClN3O2/c1-24(2)17(19-11-15-5-3-4-6-18(15)26-19)13-23-20(25)22-12-14-7-9-16(21)10-8-14/h3-11,17H,12-13H2,1-2H3,(H2,22,23,25)/t17-/m1/s1. The van der Waals surface area contributed by atoms with Crippen LogP contribution in [0.25, 0.3) is 11.0 Å². The van der Waals surface area contributed by atoms with E-state index in [1.165, 1.54) is 0 Å². The average molecular weight is 372 g/mol. The lowest BCUT2D eigenvalue weighted by atomic mass is 10.2. The number of carbonyl (C=O) groups is 1. The van der Waals surface area contributed by atoms with Crippen LogP contribution in [-0.4, -0.2) is 31.6 Å². The van der Waals surface area contributed by atoms with Crippen LogP contribution in [0, 0.1) is 0 Å². The van der Waals surface area contributed by atoms with Crippen LogP contribution in [0.3, 0.4) is 0 Å². The number of para-hydroxylation sites is 1. The summed E-state index contributed by atoms with van der Waals surface area (Å²) >= 11 is 5.86. The fourth-order valence-electron chi connectivity index (χ4n) is 2.74. The lowest BCUT2D eigenvalue weighted by molar-refractivity contribution is 0.226. The molecule has 0 bridgehead atoms. The Morgan fingerprint density at radius 3 is 2.54 bits per heavy atom. The van der Waals surface area contributed by atoms with Crippen molar-refractivity contribution < 1.29 is 9.21 Å². The van der Waals surface area contributed by atoms with Crippen molar-refractivity contribution in [1.82, 2.24) is 15.5 Å². The molecular weight excluding hydrogens is 350 g/mol. The normalized spacial score (nSPS) is 12.3. The molecule has 0 aliphatic heterocycles. The molecule has 6 heteroatoms. The Hall–Kier alpha value is -2.50. The van der Waals surface area contributed by atoms with Gasteiger partial charge in [-0.25, -0.2) is 4.79 Å². The first-order chi connectivity index (χ1) is 12.5. The molecule has 3 rings (SSSR count). The van der Waals surface area contributed by atoms with Gasteiger partial charge in [0.2, 0.25) is 0 Å². The topological polar surface area (TPSA) is 57.5 Å². The van der Waals surface area contributed by atoms with Gasteiger partial charge in [-0.15, -0.1) is 0 Å². The molecule has 136 valence electrons. The number of nitrogens with zero attached hydrogens (tertiary/aromatic N) is 1. The van der Waals surface area contributed by atoms with Crippen LogP contribution in [0.2, 0.25) is 5.02 Å². The second-order valence-corrected chi connectivity index (χ2v) is 6.79. The summed E-state index contributed by atoms with van der Waals surface area (Å²) in [5.74, 6) is 0.828. The first kappa shape index (κ1) is 18.3. The predicted octanol–water partition coefficient (Wildman–Crippen LogP) is 4.19. The van der Waals surface area contributed by atoms with E-state index in [-0.39, 0.29) is 12.1 Å². The zero-order valence-electron chi connectivity index (χ0n) is 14.8. The summed E-state index contributed by atoms with van der Waals surface area (Å²) in [6, 6.07) is 17.0. The maximum Gasteiger partial charge on any atom is 0.315 e. The van der Waals surface area contributed by atoms with E-state index in [0.29, 0.717) is 18.1 Å². The Labute approximate surface area is 157 Å². The Kier molecular flexibility index (Phi) is 5.81. The minimum Gasteiger partial charge on any atom is -0.459 e. The van der Waals surface area contributed by atoms with E-state index in [4.69, 9.17) is 16.0 Å². The number of hydrogen-bond donors (Lipinski definition) is 2. The Bertz CT molecular complexity index is 841. The highest BCUT2D eigenvalue weighted by molar-refractivity contribution is 6.30. The smallest absolute Gasteiger partial charge is 0.315 e. The Morgan fingerprint density at radius 1 is 1.12 bits per heavy atom. The number of nitrogens with one attached hydrogen (secondary N) is 2. The number of furan rings is 1. The summed E-state index contributed by atoms with van der Waals surface area (Å²) in [6.45, 7) is 0.888. The molecule has 26 heavy (non-hydrogen) atoms. The molecule has 2 aromatic carbocycles. The highest BCUT2D eigenvalue weighted by Crippen LogP contribution is 2.25. The molecule has 0 aliphatic rings. The maximum atomic E-state index is 12.1. The molecule has 0 radical (unpaired) electrons. The van der Waals surface area contributed by atoms with E-state index in [9.17, 15) is 4.79 Å². The van der Waals surface area contributed by atoms with E-state index in [1.54, 1.807) is 12.1 Å². The van der Waals surface area contributed by atoms with Crippen molar-refractivity contribution in [2.75, 3.05) is 20.6 Å². The van der Waals surface area contributed by atoms with Crippen molar-refractivity contribution in [1.29, 1.82) is 0 Å². The van der Waals surface area contributed by atoms with Crippen molar-refractivity contribution in [3.8, 4) is 0 Å². The van der Waals surface area contributed by atoms with Crippen LogP contribution in [0.5, 0.6) is 0 Å². The van der Waals surface area contributed by atoms with Gasteiger partial charge in [0.15, 0.2) is 0 Å². The number of carbonyl (C=O) groups excluding carboxylic acids is 1. The quantitative estimate of drug-likeness (QED) is 0.683. The number of halogens is 1. The monoisotopic (exact) mass is 371 g/mol. The lowest BCUT2D eigenvalue weighted by Crippen LogP contribution is -2.40. The molecule has 5 nitrogen and oxygen atoms in total. The van der Waals surface area contributed by atoms with Crippen molar-refractivity contribution in [3.63, 3.8) is 0 Å². The summed E-state index contributed by atoms with van der Waals surface area (Å²) in [4.78, 5) is 14.1. The molecule has 0 unspecified atom stereocenters. The van der Waals surface area contributed by atoms with Crippen LogP contribution in [-0.2, 0) is 6.54 Å². The summed E-state index contributed by atoms with van der Waals surface area (Å²) in [5.41, 5.74) is 1.84. The van der Waals surface area contributed by atoms with E-state index >= 15 is 0 Å². The predicted molar refractivity (Wildman–Crippen MR) is 104 cm³/mol. The van der Waals surface area contributed by atoms with Gasteiger partial charge in [0.25, 0.3) is 0 Å². The van der Waals surface area contributed by atoms with Crippen LogP contribution in [0.15, 0.2) is 59.0 Å². The first-order valence-corrected chi connectivity index (χ1v) is 8.82. The largest absolute Gasteiger partial charge is 0.459 e. The summed E-state index contributed by atoms with van der Waals surface area (Å²) in [7, 11) is 3.93. The number of benzene rings is 2. The zero-order valence-corrected chi connectivity index (χ0v) is 15.6. The summed E-state index contributed by atoms with van der Waals surface area (Å²) in [5, 5.41) is 7.49. The van der Waals surface area contributed by atoms with Gasteiger partial charge in [-0.2, -0.15) is 0 Å². The molecule has 0 spiro atoms. The van der Waals surface area contributed by atoms with Crippen molar-refractivity contribution in [3.05, 3.63) is 70.9 Å². The van der Waals surface area contributed by atoms with Gasteiger partial charge in [0.05, 0.1) is 6.04 Å². The third-order valence-corrected chi connectivity index (χ3v) is 4.47. The van der Waals surface area contributed by atoms with E-state index < -0.39 is 0 Å². The fourth-order valence-corrected chi connectivity index (χ4v) is 2.87. The molecule has 0 saturated heterocycles. The minimum absolute atomic E-state index is 0.0521. The highest BCUT2D eigenvalue weighted by atomic mass is 35.5. The number of urea groups is 1. The number of amides is 2. The van der Waals surface area contributed by atoms with Crippen LogP contribution in [0.4, 0.5) is 4.79 Å². The molecule has 1 aromatic heterocycles. The van der Waals surface area contributed by atoms with Crippen molar-refractivity contribution >= 4 is 28.6 Å². The third-order valence-electron chi connectivity index (χ3n) is 4.22. The van der Waals surface area contributed by atoms with Gasteiger partial charge in [-0.05, 0) is 43.9 Å². The van der Waals surface area contributed by atoms with Crippen LogP contribution < -0.4 is 10.6 Å². The summed E-state index contributed by atoms with van der Waals surface area (Å²) in [6.07, 6.45) is 0. The SMILES string of the molecule is CN(C)[C@H](CNC(=O)NCc1ccc(Cl)cc1)c1cc2ccccc2o1. The summed E-state index contributed by atoms with van der Waals surface area (Å²) < 4.78 is 5.94. The number of hydrogen-bond acceptors (Lipinski definition) is 3. The van der Waals surface area contributed by atoms with Gasteiger partial charge in [0.1, 0.15) is 11.3 Å². The van der Waals surface area contributed by atoms with E-state index in [0.717, 1.165) is 22.3 Å². The molecule has 2 N–H and O–H groups in total. The van der Waals surface area contributed by atoms with Gasteiger partial charge < -0.3 is 15.1 Å². The number of likely N-dealkylation sites (N-methyl/N-ethyl adjacent to an activating group) is 1. The Balaban J connectivity index is 1.58. The molecule has 3 aromatic rings. The molecule has 1 atom stereocenters. The van der Waals surface area contributed by atoms with E-state index in [1.807, 2.05) is 61.5 Å². The molecule has 0 saturated carbocycles. The highest BCUT2D eigenvalue weighted by Gasteiger charge is 2.19. The second kappa shape index (κ2) is 8.25. The number of rotatable bonds is 6.